The second kappa shape index (κ2) is 12.8. The van der Waals surface area contributed by atoms with Crippen LogP contribution < -0.4 is 0 Å². The van der Waals surface area contributed by atoms with Crippen molar-refractivity contribution in [3.8, 4) is 16.8 Å². The lowest BCUT2D eigenvalue weighted by molar-refractivity contribution is 1.16. The van der Waals surface area contributed by atoms with E-state index in [9.17, 15) is 0 Å². The van der Waals surface area contributed by atoms with Crippen molar-refractivity contribution in [3.05, 3.63) is 187 Å². The number of fused-ring (bicyclic) bond motifs is 6. The Hall–Kier alpha value is -6.12. The van der Waals surface area contributed by atoms with E-state index < -0.39 is 0 Å². The lowest BCUT2D eigenvalue weighted by atomic mass is 9.95. The van der Waals surface area contributed by atoms with Crippen LogP contribution in [0.1, 0.15) is 23.6 Å². The van der Waals surface area contributed by atoms with Gasteiger partial charge in [-0.2, -0.15) is 0 Å². The molecule has 0 atom stereocenters. The number of benzene rings is 7. The Morgan fingerprint density at radius 3 is 1.90 bits per heavy atom. The van der Waals surface area contributed by atoms with Gasteiger partial charge in [0.25, 0.3) is 0 Å². The first-order chi connectivity index (χ1) is 24.1. The van der Waals surface area contributed by atoms with Crippen LogP contribution in [0, 0.1) is 13.8 Å². The van der Waals surface area contributed by atoms with Crippen LogP contribution in [0.3, 0.4) is 0 Å². The third-order valence-electron chi connectivity index (χ3n) is 9.56. The molecule has 0 unspecified atom stereocenters. The van der Waals surface area contributed by atoms with Crippen LogP contribution in [-0.2, 0) is 0 Å². The number of hydrogen-bond acceptors (Lipinski definition) is 0. The van der Waals surface area contributed by atoms with Gasteiger partial charge in [0.2, 0.25) is 0 Å². The van der Waals surface area contributed by atoms with Crippen LogP contribution in [0.4, 0.5) is 0 Å². The minimum absolute atomic E-state index is 1.18. The van der Waals surface area contributed by atoms with Gasteiger partial charge in [0.1, 0.15) is 0 Å². The Labute approximate surface area is 287 Å². The SMILES string of the molecule is C/C(=C\c1ccccc1C)n1ccc2cc(-c3ccc4c(c3)c3ccccc3n4-c3ccccc3)c3ccccc3c21.Cc1ccccc1. The van der Waals surface area contributed by atoms with Crippen molar-refractivity contribution in [2.45, 2.75) is 20.8 Å². The molecule has 0 saturated heterocycles. The van der Waals surface area contributed by atoms with Gasteiger partial charge in [0.15, 0.2) is 0 Å². The van der Waals surface area contributed by atoms with Crippen molar-refractivity contribution in [1.82, 2.24) is 9.13 Å². The topological polar surface area (TPSA) is 9.86 Å². The van der Waals surface area contributed by atoms with E-state index in [1.807, 2.05) is 18.2 Å². The van der Waals surface area contributed by atoms with Crippen LogP contribution in [-0.4, -0.2) is 9.13 Å². The normalized spacial score (nSPS) is 11.7. The molecule has 236 valence electrons. The van der Waals surface area contributed by atoms with E-state index in [4.69, 9.17) is 0 Å². The number of aryl methyl sites for hydroxylation is 2. The van der Waals surface area contributed by atoms with Gasteiger partial charge in [-0.3, -0.25) is 0 Å². The Balaban J connectivity index is 0.000000446. The first kappa shape index (κ1) is 30.2. The van der Waals surface area contributed by atoms with E-state index in [-0.39, 0.29) is 0 Å². The van der Waals surface area contributed by atoms with Crippen molar-refractivity contribution in [2.24, 2.45) is 0 Å². The number of rotatable bonds is 4. The Bertz CT molecular complexity index is 2620. The quantitative estimate of drug-likeness (QED) is 0.183. The van der Waals surface area contributed by atoms with Crippen molar-refractivity contribution in [1.29, 1.82) is 0 Å². The summed E-state index contributed by atoms with van der Waals surface area (Å²) < 4.78 is 4.71. The summed E-state index contributed by atoms with van der Waals surface area (Å²) >= 11 is 0. The average Bonchev–Trinajstić information content (AvgIpc) is 3.73. The minimum Gasteiger partial charge on any atom is -0.320 e. The fourth-order valence-electron chi connectivity index (χ4n) is 7.11. The van der Waals surface area contributed by atoms with Crippen molar-refractivity contribution < 1.29 is 0 Å². The summed E-state index contributed by atoms with van der Waals surface area (Å²) in [6.07, 6.45) is 4.50. The van der Waals surface area contributed by atoms with Gasteiger partial charge >= 0.3 is 0 Å². The molecule has 9 aromatic rings. The number of allylic oxidation sites excluding steroid dienone is 1. The van der Waals surface area contributed by atoms with Crippen LogP contribution in [0.2, 0.25) is 0 Å². The molecule has 0 fully saturated rings. The maximum absolute atomic E-state index is 2.38. The third kappa shape index (κ3) is 5.62. The highest BCUT2D eigenvalue weighted by Gasteiger charge is 2.16. The highest BCUT2D eigenvalue weighted by Crippen LogP contribution is 2.40. The molecule has 0 aliphatic carbocycles. The van der Waals surface area contributed by atoms with Gasteiger partial charge in [0.05, 0.1) is 16.6 Å². The third-order valence-corrected chi connectivity index (χ3v) is 9.56. The van der Waals surface area contributed by atoms with E-state index in [1.54, 1.807) is 0 Å². The molecule has 0 bridgehead atoms. The van der Waals surface area contributed by atoms with Crippen molar-refractivity contribution in [2.75, 3.05) is 0 Å². The fourth-order valence-corrected chi connectivity index (χ4v) is 7.11. The molecule has 7 aromatic carbocycles. The predicted molar refractivity (Wildman–Crippen MR) is 211 cm³/mol. The molecule has 2 nitrogen and oxygen atoms in total. The van der Waals surface area contributed by atoms with Crippen LogP contribution in [0.25, 0.3) is 72.1 Å². The molecule has 0 aliphatic rings. The first-order valence-corrected chi connectivity index (χ1v) is 16.9. The molecule has 2 heteroatoms. The van der Waals surface area contributed by atoms with Gasteiger partial charge in [-0.1, -0.05) is 127 Å². The molecule has 0 N–H and O–H groups in total. The number of para-hydroxylation sites is 2. The first-order valence-electron chi connectivity index (χ1n) is 16.9. The Morgan fingerprint density at radius 1 is 0.531 bits per heavy atom. The molecule has 49 heavy (non-hydrogen) atoms. The predicted octanol–water partition coefficient (Wildman–Crippen LogP) is 12.9. The number of hydrogen-bond donors (Lipinski definition) is 0. The minimum atomic E-state index is 1.18. The average molecular weight is 631 g/mol. The monoisotopic (exact) mass is 630 g/mol. The molecule has 0 saturated carbocycles. The number of aromatic nitrogens is 2. The fraction of sp³-hybridized carbons (Fsp3) is 0.0638. The van der Waals surface area contributed by atoms with Gasteiger partial charge in [-0.25, -0.2) is 0 Å². The molecule has 2 heterocycles. The lowest BCUT2D eigenvalue weighted by Crippen LogP contribution is -1.94. The zero-order valence-corrected chi connectivity index (χ0v) is 28.1. The van der Waals surface area contributed by atoms with E-state index in [0.29, 0.717) is 0 Å². The van der Waals surface area contributed by atoms with Crippen LogP contribution in [0.15, 0.2) is 170 Å². The molecular weight excluding hydrogens is 593 g/mol. The number of nitrogens with zero attached hydrogens (tertiary/aromatic N) is 2. The summed E-state index contributed by atoms with van der Waals surface area (Å²) in [7, 11) is 0. The Morgan fingerprint density at radius 2 is 1.16 bits per heavy atom. The second-order valence-electron chi connectivity index (χ2n) is 12.8. The molecule has 0 aliphatic heterocycles. The van der Waals surface area contributed by atoms with Gasteiger partial charge < -0.3 is 9.13 Å². The highest BCUT2D eigenvalue weighted by atomic mass is 15.0. The highest BCUT2D eigenvalue weighted by molar-refractivity contribution is 6.16. The van der Waals surface area contributed by atoms with E-state index >= 15 is 0 Å². The zero-order chi connectivity index (χ0) is 33.3. The molecule has 9 rings (SSSR count). The summed E-state index contributed by atoms with van der Waals surface area (Å²) in [5, 5.41) is 6.31. The molecule has 0 radical (unpaired) electrons. The summed E-state index contributed by atoms with van der Waals surface area (Å²) in [6, 6.07) is 58.6. The lowest BCUT2D eigenvalue weighted by Gasteiger charge is -2.13. The summed E-state index contributed by atoms with van der Waals surface area (Å²) in [4.78, 5) is 0. The van der Waals surface area contributed by atoms with Crippen LogP contribution in [0.5, 0.6) is 0 Å². The summed E-state index contributed by atoms with van der Waals surface area (Å²) in [5.74, 6) is 0. The molecule has 2 aromatic heterocycles. The summed E-state index contributed by atoms with van der Waals surface area (Å²) in [6.45, 7) is 6.45. The van der Waals surface area contributed by atoms with Crippen molar-refractivity contribution in [3.63, 3.8) is 0 Å². The smallest absolute Gasteiger partial charge is 0.0603 e. The van der Waals surface area contributed by atoms with Gasteiger partial charge in [-0.15, -0.1) is 0 Å². The van der Waals surface area contributed by atoms with Gasteiger partial charge in [-0.05, 0) is 97.0 Å². The zero-order valence-electron chi connectivity index (χ0n) is 28.1. The van der Waals surface area contributed by atoms with E-state index in [2.05, 4.69) is 188 Å². The van der Waals surface area contributed by atoms with Gasteiger partial charge in [0, 0.05) is 39.1 Å². The molecular formula is C47H38N2. The molecule has 0 amide bonds. The largest absolute Gasteiger partial charge is 0.320 e. The standard InChI is InChI=1S/C40H30N2.C7H8/c1-27-12-6-7-13-29(27)24-28(2)41-23-22-31-26-36(33-16-8-9-18-35(33)40(31)41)30-20-21-39-37(25-30)34-17-10-11-19-38(34)42(39)32-14-4-3-5-15-32;1-7-5-3-2-4-6-7/h3-26H,1-2H3;2-6H,1H3/b28-24+;. The maximum Gasteiger partial charge on any atom is 0.0603 e. The maximum atomic E-state index is 2.38. The second-order valence-corrected chi connectivity index (χ2v) is 12.8. The summed E-state index contributed by atoms with van der Waals surface area (Å²) in [5.41, 5.74) is 12.4. The van der Waals surface area contributed by atoms with Crippen molar-refractivity contribution >= 4 is 55.3 Å². The Kier molecular flexibility index (Phi) is 7.91. The van der Waals surface area contributed by atoms with E-state index in [0.717, 1.165) is 0 Å². The van der Waals surface area contributed by atoms with E-state index in [1.165, 1.54) is 82.7 Å². The van der Waals surface area contributed by atoms with Crippen LogP contribution >= 0.6 is 0 Å². The molecule has 0 spiro atoms.